The molecule has 0 aliphatic rings. The fourth-order valence-electron chi connectivity index (χ4n) is 3.19. The molecule has 0 bridgehead atoms. The van der Waals surface area contributed by atoms with Gasteiger partial charge in [0.25, 0.3) is 0 Å². The van der Waals surface area contributed by atoms with Crippen LogP contribution in [0.15, 0.2) is 18.2 Å². The molecule has 3 amide bonds. The van der Waals surface area contributed by atoms with E-state index in [2.05, 4.69) is 10.6 Å². The number of benzene rings is 1. The average Bonchev–Trinajstić information content (AvgIpc) is 2.58. The number of nitrogens with zero attached hydrogens (tertiary/aromatic N) is 1. The third-order valence-electron chi connectivity index (χ3n) is 4.72. The second-order valence-corrected chi connectivity index (χ2v) is 9.62. The van der Waals surface area contributed by atoms with Crippen molar-refractivity contribution in [2.24, 2.45) is 0 Å². The number of alkyl carbamates (subject to hydrolysis) is 1. The van der Waals surface area contributed by atoms with Crippen LogP contribution >= 0.6 is 0 Å². The van der Waals surface area contributed by atoms with Crippen molar-refractivity contribution < 1.29 is 19.1 Å². The highest BCUT2D eigenvalue weighted by atomic mass is 16.6. The summed E-state index contributed by atoms with van der Waals surface area (Å²) in [4.78, 5) is 40.3. The first-order valence-corrected chi connectivity index (χ1v) is 10.8. The van der Waals surface area contributed by atoms with Gasteiger partial charge in [-0.2, -0.15) is 0 Å². The zero-order valence-electron chi connectivity index (χ0n) is 20.6. The van der Waals surface area contributed by atoms with E-state index in [1.165, 1.54) is 4.90 Å². The van der Waals surface area contributed by atoms with Gasteiger partial charge in [0.1, 0.15) is 17.7 Å². The molecule has 0 saturated heterocycles. The summed E-state index contributed by atoms with van der Waals surface area (Å²) in [6.45, 7) is 18.3. The van der Waals surface area contributed by atoms with Crippen LogP contribution in [0.2, 0.25) is 0 Å². The van der Waals surface area contributed by atoms with Crippen molar-refractivity contribution in [1.29, 1.82) is 0 Å². The topological polar surface area (TPSA) is 87.7 Å². The largest absolute Gasteiger partial charge is 0.444 e. The second kappa shape index (κ2) is 10.6. The Labute approximate surface area is 186 Å². The molecule has 7 nitrogen and oxygen atoms in total. The molecule has 1 aromatic rings. The summed E-state index contributed by atoms with van der Waals surface area (Å²) in [5.74, 6) is -0.618. The Morgan fingerprint density at radius 2 is 1.52 bits per heavy atom. The van der Waals surface area contributed by atoms with Crippen LogP contribution in [0, 0.1) is 13.8 Å². The Bertz CT molecular complexity index is 797. The van der Waals surface area contributed by atoms with E-state index >= 15 is 0 Å². The van der Waals surface area contributed by atoms with Gasteiger partial charge in [-0.1, -0.05) is 18.2 Å². The SMILES string of the molecule is Cc1ccc(C(C(=O)NC(C)C)N(C(=O)C(C)NC(=O)OC(C)(C)C)C(C)C)cc1C. The van der Waals surface area contributed by atoms with Crippen molar-refractivity contribution in [1.82, 2.24) is 15.5 Å². The van der Waals surface area contributed by atoms with Gasteiger partial charge in [0, 0.05) is 12.1 Å². The summed E-state index contributed by atoms with van der Waals surface area (Å²) < 4.78 is 5.27. The van der Waals surface area contributed by atoms with Crippen LogP contribution in [-0.2, 0) is 14.3 Å². The highest BCUT2D eigenvalue weighted by Crippen LogP contribution is 2.27. The Morgan fingerprint density at radius 1 is 0.935 bits per heavy atom. The molecule has 0 radical (unpaired) electrons. The van der Waals surface area contributed by atoms with Crippen LogP contribution in [0.4, 0.5) is 4.79 Å². The van der Waals surface area contributed by atoms with Gasteiger partial charge in [-0.25, -0.2) is 4.79 Å². The molecular weight excluding hydrogens is 394 g/mol. The highest BCUT2D eigenvalue weighted by Gasteiger charge is 2.36. The fourth-order valence-corrected chi connectivity index (χ4v) is 3.19. The van der Waals surface area contributed by atoms with Crippen LogP contribution in [0.1, 0.15) is 78.1 Å². The number of carbonyl (C=O) groups is 3. The molecule has 2 atom stereocenters. The fraction of sp³-hybridized carbons (Fsp3) is 0.625. The molecule has 2 N–H and O–H groups in total. The highest BCUT2D eigenvalue weighted by molar-refractivity contribution is 5.92. The summed E-state index contributed by atoms with van der Waals surface area (Å²) in [6.07, 6.45) is -0.675. The minimum Gasteiger partial charge on any atom is -0.444 e. The van der Waals surface area contributed by atoms with Crippen LogP contribution < -0.4 is 10.6 Å². The number of aryl methyl sites for hydroxylation is 2. The molecule has 174 valence electrons. The van der Waals surface area contributed by atoms with Gasteiger partial charge in [0.05, 0.1) is 0 Å². The molecule has 2 unspecified atom stereocenters. The van der Waals surface area contributed by atoms with Gasteiger partial charge in [-0.15, -0.1) is 0 Å². The van der Waals surface area contributed by atoms with Gasteiger partial charge in [0.2, 0.25) is 11.8 Å². The molecule has 1 aromatic carbocycles. The van der Waals surface area contributed by atoms with E-state index in [0.29, 0.717) is 0 Å². The van der Waals surface area contributed by atoms with Crippen molar-refractivity contribution in [3.63, 3.8) is 0 Å². The van der Waals surface area contributed by atoms with Crippen molar-refractivity contribution in [3.8, 4) is 0 Å². The van der Waals surface area contributed by atoms with Gasteiger partial charge < -0.3 is 20.3 Å². The number of carbonyl (C=O) groups excluding carboxylic acids is 3. The second-order valence-electron chi connectivity index (χ2n) is 9.62. The molecule has 0 saturated carbocycles. The first-order chi connectivity index (χ1) is 14.1. The van der Waals surface area contributed by atoms with E-state index in [1.807, 2.05) is 59.7 Å². The number of amides is 3. The Balaban J connectivity index is 3.31. The van der Waals surface area contributed by atoms with Gasteiger partial charge in [-0.05, 0) is 85.9 Å². The number of ether oxygens (including phenoxy) is 1. The number of hydrogen-bond acceptors (Lipinski definition) is 4. The van der Waals surface area contributed by atoms with Gasteiger partial charge in [0.15, 0.2) is 0 Å². The number of hydrogen-bond donors (Lipinski definition) is 2. The lowest BCUT2D eigenvalue weighted by atomic mass is 9.97. The lowest BCUT2D eigenvalue weighted by Crippen LogP contribution is -2.54. The molecule has 0 heterocycles. The third kappa shape index (κ3) is 7.89. The van der Waals surface area contributed by atoms with Crippen LogP contribution in [0.3, 0.4) is 0 Å². The smallest absolute Gasteiger partial charge is 0.408 e. The summed E-state index contributed by atoms with van der Waals surface area (Å²) in [5, 5.41) is 5.53. The van der Waals surface area contributed by atoms with E-state index in [1.54, 1.807) is 27.7 Å². The molecule has 7 heteroatoms. The van der Waals surface area contributed by atoms with Gasteiger partial charge >= 0.3 is 6.09 Å². The Hall–Kier alpha value is -2.57. The molecule has 0 spiro atoms. The molecular formula is C24H39N3O4. The summed E-state index contributed by atoms with van der Waals surface area (Å²) in [7, 11) is 0. The zero-order valence-corrected chi connectivity index (χ0v) is 20.6. The van der Waals surface area contributed by atoms with Crippen molar-refractivity contribution in [3.05, 3.63) is 34.9 Å². The van der Waals surface area contributed by atoms with Gasteiger partial charge in [-0.3, -0.25) is 9.59 Å². The predicted molar refractivity (Wildman–Crippen MR) is 123 cm³/mol. The average molecular weight is 434 g/mol. The van der Waals surface area contributed by atoms with Crippen LogP contribution in [0.25, 0.3) is 0 Å². The van der Waals surface area contributed by atoms with E-state index in [9.17, 15) is 14.4 Å². The standard InChI is InChI=1S/C24H39N3O4/c1-14(2)25-21(28)20(19-12-11-16(5)17(6)13-19)27(15(3)4)22(29)18(7)26-23(30)31-24(8,9)10/h11-15,18,20H,1-10H3,(H,25,28)(H,26,30). The third-order valence-corrected chi connectivity index (χ3v) is 4.72. The van der Waals surface area contributed by atoms with Crippen molar-refractivity contribution >= 4 is 17.9 Å². The lowest BCUT2D eigenvalue weighted by Gasteiger charge is -2.37. The maximum absolute atomic E-state index is 13.4. The van der Waals surface area contributed by atoms with Crippen molar-refractivity contribution in [2.45, 2.75) is 99.0 Å². The zero-order chi connectivity index (χ0) is 24.1. The molecule has 1 rings (SSSR count). The first kappa shape index (κ1) is 26.5. The lowest BCUT2D eigenvalue weighted by molar-refractivity contribution is -0.144. The van der Waals surface area contributed by atoms with E-state index in [4.69, 9.17) is 4.74 Å². The van der Waals surface area contributed by atoms with Crippen LogP contribution in [-0.4, -0.2) is 46.5 Å². The molecule has 31 heavy (non-hydrogen) atoms. The molecule has 0 fully saturated rings. The molecule has 0 aliphatic carbocycles. The summed E-state index contributed by atoms with van der Waals surface area (Å²) in [6, 6.07) is 3.72. The molecule has 0 aliphatic heterocycles. The quantitative estimate of drug-likeness (QED) is 0.680. The summed E-state index contributed by atoms with van der Waals surface area (Å²) >= 11 is 0. The van der Waals surface area contributed by atoms with E-state index in [0.717, 1.165) is 16.7 Å². The first-order valence-electron chi connectivity index (χ1n) is 10.8. The Kier molecular flexibility index (Phi) is 9.09. The maximum atomic E-state index is 13.4. The minimum atomic E-state index is -0.863. The van der Waals surface area contributed by atoms with Crippen LogP contribution in [0.5, 0.6) is 0 Å². The predicted octanol–water partition coefficient (Wildman–Crippen LogP) is 4.02. The Morgan fingerprint density at radius 3 is 1.97 bits per heavy atom. The number of rotatable bonds is 7. The minimum absolute atomic E-state index is 0.0806. The number of nitrogens with one attached hydrogen (secondary N) is 2. The monoisotopic (exact) mass is 433 g/mol. The maximum Gasteiger partial charge on any atom is 0.408 e. The molecule has 0 aromatic heterocycles. The van der Waals surface area contributed by atoms with Crippen molar-refractivity contribution in [2.75, 3.05) is 0 Å². The van der Waals surface area contributed by atoms with E-state index < -0.39 is 23.8 Å². The summed E-state index contributed by atoms with van der Waals surface area (Å²) in [5.41, 5.74) is 2.20. The van der Waals surface area contributed by atoms with E-state index in [-0.39, 0.29) is 23.9 Å². The normalized spacial score (nSPS) is 13.5.